The second-order valence-electron chi connectivity index (χ2n) is 5.58. The van der Waals surface area contributed by atoms with Gasteiger partial charge >= 0.3 is 5.69 Å². The highest BCUT2D eigenvalue weighted by molar-refractivity contribution is 5.97. The van der Waals surface area contributed by atoms with Crippen molar-refractivity contribution in [2.75, 3.05) is 6.54 Å². The monoisotopic (exact) mass is 308 g/mol. The van der Waals surface area contributed by atoms with E-state index in [1.165, 1.54) is 19.3 Å². The van der Waals surface area contributed by atoms with Crippen molar-refractivity contribution in [1.82, 2.24) is 5.32 Å². The predicted molar refractivity (Wildman–Crippen MR) is 80.2 cm³/mol. The summed E-state index contributed by atoms with van der Waals surface area (Å²) in [4.78, 5) is 22.0. The van der Waals surface area contributed by atoms with Crippen LogP contribution in [0.5, 0.6) is 11.5 Å². The van der Waals surface area contributed by atoms with Crippen LogP contribution in [0.3, 0.4) is 0 Å². The summed E-state index contributed by atoms with van der Waals surface area (Å²) in [5.74, 6) is -1.78. The quantitative estimate of drug-likeness (QED) is 0.322. The lowest BCUT2D eigenvalue weighted by atomic mass is 9.95. The number of nitrogens with zero attached hydrogens (tertiary/aromatic N) is 1. The molecule has 0 saturated heterocycles. The number of phenolic OH excluding ortho intramolecular Hbond substituents is 2. The number of carbonyl (C=O) groups excluding carboxylic acids is 1. The molecule has 7 nitrogen and oxygen atoms in total. The SMILES string of the molecule is O=C(CCNC1CCCCC1)c1cc(O)c(O)c([N+](=O)[O-])c1. The summed E-state index contributed by atoms with van der Waals surface area (Å²) < 4.78 is 0. The maximum Gasteiger partial charge on any atom is 0.315 e. The molecule has 3 N–H and O–H groups in total. The number of nitrogens with one attached hydrogen (secondary N) is 1. The van der Waals surface area contributed by atoms with Crippen molar-refractivity contribution in [2.45, 2.75) is 44.6 Å². The van der Waals surface area contributed by atoms with Crippen molar-refractivity contribution in [3.63, 3.8) is 0 Å². The highest BCUT2D eigenvalue weighted by Gasteiger charge is 2.21. The molecular weight excluding hydrogens is 288 g/mol. The molecule has 1 saturated carbocycles. The van der Waals surface area contributed by atoms with E-state index in [2.05, 4.69) is 5.32 Å². The van der Waals surface area contributed by atoms with Gasteiger partial charge in [-0.1, -0.05) is 19.3 Å². The average molecular weight is 308 g/mol. The van der Waals surface area contributed by atoms with Crippen LogP contribution in [0.4, 0.5) is 5.69 Å². The number of phenols is 2. The first kappa shape index (κ1) is 16.2. The van der Waals surface area contributed by atoms with E-state index >= 15 is 0 Å². The van der Waals surface area contributed by atoms with E-state index in [9.17, 15) is 25.1 Å². The van der Waals surface area contributed by atoms with Crippen molar-refractivity contribution < 1.29 is 19.9 Å². The molecule has 0 amide bonds. The Morgan fingerprint density at radius 1 is 1.27 bits per heavy atom. The van der Waals surface area contributed by atoms with Crippen molar-refractivity contribution >= 4 is 11.5 Å². The van der Waals surface area contributed by atoms with Crippen LogP contribution < -0.4 is 5.32 Å². The van der Waals surface area contributed by atoms with Crippen LogP contribution in [0.2, 0.25) is 0 Å². The largest absolute Gasteiger partial charge is 0.504 e. The molecule has 2 rings (SSSR count). The van der Waals surface area contributed by atoms with Gasteiger partial charge in [-0.2, -0.15) is 0 Å². The molecule has 7 heteroatoms. The first-order chi connectivity index (χ1) is 10.5. The number of hydrogen-bond donors (Lipinski definition) is 3. The molecule has 1 aromatic carbocycles. The molecule has 0 atom stereocenters. The lowest BCUT2D eigenvalue weighted by Gasteiger charge is -2.22. The fraction of sp³-hybridized carbons (Fsp3) is 0.533. The summed E-state index contributed by atoms with van der Waals surface area (Å²) in [6.07, 6.45) is 6.07. The summed E-state index contributed by atoms with van der Waals surface area (Å²) in [5, 5.41) is 33.0. The van der Waals surface area contributed by atoms with Crippen molar-refractivity contribution in [2.24, 2.45) is 0 Å². The third-order valence-electron chi connectivity index (χ3n) is 3.98. The number of hydrogen-bond acceptors (Lipinski definition) is 6. The van der Waals surface area contributed by atoms with Gasteiger partial charge in [-0.15, -0.1) is 0 Å². The molecule has 22 heavy (non-hydrogen) atoms. The summed E-state index contributed by atoms with van der Waals surface area (Å²) in [6, 6.07) is 2.49. The highest BCUT2D eigenvalue weighted by atomic mass is 16.6. The maximum absolute atomic E-state index is 12.1. The molecule has 1 aliphatic rings. The normalized spacial score (nSPS) is 15.6. The summed E-state index contributed by atoms with van der Waals surface area (Å²) in [6.45, 7) is 0.499. The van der Waals surface area contributed by atoms with E-state index < -0.39 is 22.1 Å². The Bertz CT molecular complexity index is 567. The fourth-order valence-corrected chi connectivity index (χ4v) is 2.75. The van der Waals surface area contributed by atoms with E-state index in [1.54, 1.807) is 0 Å². The van der Waals surface area contributed by atoms with Gasteiger partial charge in [-0.25, -0.2) is 0 Å². The smallest absolute Gasteiger partial charge is 0.315 e. The van der Waals surface area contributed by atoms with E-state index in [1.807, 2.05) is 0 Å². The second-order valence-corrected chi connectivity index (χ2v) is 5.58. The fourth-order valence-electron chi connectivity index (χ4n) is 2.75. The predicted octanol–water partition coefficient (Wildman–Crippen LogP) is 2.50. The Balaban J connectivity index is 1.95. The van der Waals surface area contributed by atoms with Crippen LogP contribution in [-0.4, -0.2) is 33.5 Å². The first-order valence-corrected chi connectivity index (χ1v) is 7.46. The van der Waals surface area contributed by atoms with Gasteiger partial charge in [0.05, 0.1) is 4.92 Å². The summed E-state index contributed by atoms with van der Waals surface area (Å²) >= 11 is 0. The Labute approximate surface area is 128 Å². The van der Waals surface area contributed by atoms with Crippen LogP contribution in [0.1, 0.15) is 48.9 Å². The van der Waals surface area contributed by atoms with E-state index in [0.717, 1.165) is 25.0 Å². The van der Waals surface area contributed by atoms with Gasteiger partial charge in [0.2, 0.25) is 5.75 Å². The zero-order valence-corrected chi connectivity index (χ0v) is 12.2. The zero-order chi connectivity index (χ0) is 16.1. The molecule has 0 aliphatic heterocycles. The number of benzene rings is 1. The average Bonchev–Trinajstić information content (AvgIpc) is 2.50. The van der Waals surface area contributed by atoms with Gasteiger partial charge in [-0.3, -0.25) is 14.9 Å². The third kappa shape index (κ3) is 3.94. The molecular formula is C15H20N2O5. The van der Waals surface area contributed by atoms with Gasteiger partial charge in [0, 0.05) is 30.6 Å². The molecule has 120 valence electrons. The van der Waals surface area contributed by atoms with Gasteiger partial charge in [0.1, 0.15) is 0 Å². The van der Waals surface area contributed by atoms with E-state index in [0.29, 0.717) is 12.6 Å². The van der Waals surface area contributed by atoms with Gasteiger partial charge in [0.15, 0.2) is 11.5 Å². The molecule has 0 bridgehead atoms. The Morgan fingerprint density at radius 3 is 2.59 bits per heavy atom. The zero-order valence-electron chi connectivity index (χ0n) is 12.2. The lowest BCUT2D eigenvalue weighted by molar-refractivity contribution is -0.386. The minimum Gasteiger partial charge on any atom is -0.504 e. The lowest BCUT2D eigenvalue weighted by Crippen LogP contribution is -2.32. The van der Waals surface area contributed by atoms with Crippen LogP contribution in [0, 0.1) is 10.1 Å². The molecule has 0 unspecified atom stereocenters. The van der Waals surface area contributed by atoms with Crippen LogP contribution in [0.25, 0.3) is 0 Å². The molecule has 1 aromatic rings. The minimum absolute atomic E-state index is 0.0347. The molecule has 0 radical (unpaired) electrons. The van der Waals surface area contributed by atoms with Gasteiger partial charge in [-0.05, 0) is 18.9 Å². The number of rotatable bonds is 6. The van der Waals surface area contributed by atoms with Crippen LogP contribution >= 0.6 is 0 Å². The molecule has 0 spiro atoms. The Morgan fingerprint density at radius 2 is 1.95 bits per heavy atom. The van der Waals surface area contributed by atoms with Crippen LogP contribution in [-0.2, 0) is 0 Å². The van der Waals surface area contributed by atoms with Gasteiger partial charge < -0.3 is 15.5 Å². The van der Waals surface area contributed by atoms with Gasteiger partial charge in [0.25, 0.3) is 0 Å². The van der Waals surface area contributed by atoms with Crippen molar-refractivity contribution in [3.05, 3.63) is 27.8 Å². The number of carbonyl (C=O) groups is 1. The number of Topliss-reactive ketones (excluding diaryl/α,β-unsaturated/α-hetero) is 1. The van der Waals surface area contributed by atoms with Crippen molar-refractivity contribution in [1.29, 1.82) is 0 Å². The summed E-state index contributed by atoms with van der Waals surface area (Å²) in [5.41, 5.74) is -0.629. The topological polar surface area (TPSA) is 113 Å². The standard InChI is InChI=1S/C15H20N2O5/c18-13(6-7-16-11-4-2-1-3-5-11)10-8-12(17(21)22)15(20)14(19)9-10/h8-9,11,16,19-20H,1-7H2. The molecule has 1 aliphatic carbocycles. The van der Waals surface area contributed by atoms with E-state index in [-0.39, 0.29) is 17.8 Å². The third-order valence-corrected chi connectivity index (χ3v) is 3.98. The number of nitro groups is 1. The highest BCUT2D eigenvalue weighted by Crippen LogP contribution is 2.36. The van der Waals surface area contributed by atoms with Crippen LogP contribution in [0.15, 0.2) is 12.1 Å². The number of ketones is 1. The maximum atomic E-state index is 12.1. The summed E-state index contributed by atoms with van der Waals surface area (Å²) in [7, 11) is 0. The Hall–Kier alpha value is -2.15. The number of aromatic hydroxyl groups is 2. The first-order valence-electron chi connectivity index (χ1n) is 7.46. The molecule has 1 fully saturated rings. The van der Waals surface area contributed by atoms with E-state index in [4.69, 9.17) is 0 Å². The second kappa shape index (κ2) is 7.22. The minimum atomic E-state index is -0.827. The molecule has 0 aromatic heterocycles. The molecule has 0 heterocycles. The number of nitro benzene ring substituents is 1. The van der Waals surface area contributed by atoms with Crippen molar-refractivity contribution in [3.8, 4) is 11.5 Å². The Kier molecular flexibility index (Phi) is 5.32.